The highest BCUT2D eigenvalue weighted by Gasteiger charge is 2.15. The monoisotopic (exact) mass is 344 g/mol. The second kappa shape index (κ2) is 7.11. The molecule has 0 bridgehead atoms. The van der Waals surface area contributed by atoms with Gasteiger partial charge in [0, 0.05) is 12.4 Å². The third kappa shape index (κ3) is 3.42. The van der Waals surface area contributed by atoms with Crippen molar-refractivity contribution in [2.24, 2.45) is 0 Å². The third-order valence-corrected chi connectivity index (χ3v) is 3.85. The summed E-state index contributed by atoms with van der Waals surface area (Å²) in [5.74, 6) is 0.500. The van der Waals surface area contributed by atoms with E-state index < -0.39 is 5.97 Å². The molecule has 2 heterocycles. The number of imidazole rings is 1. The Morgan fingerprint density at radius 1 is 0.923 bits per heavy atom. The van der Waals surface area contributed by atoms with E-state index >= 15 is 0 Å². The van der Waals surface area contributed by atoms with E-state index in [1.807, 2.05) is 59.3 Å². The van der Waals surface area contributed by atoms with Crippen LogP contribution in [-0.4, -0.2) is 15.4 Å². The predicted molar refractivity (Wildman–Crippen MR) is 97.4 cm³/mol. The van der Waals surface area contributed by atoms with Gasteiger partial charge in [0.1, 0.15) is 29.3 Å². The molecule has 4 rings (SSSR count). The fraction of sp³-hybridized carbons (Fsp3) is 0.0476. The third-order valence-electron chi connectivity index (χ3n) is 3.85. The molecule has 0 aliphatic heterocycles. The highest BCUT2D eigenvalue weighted by atomic mass is 16.5. The predicted octanol–water partition coefficient (Wildman–Crippen LogP) is 4.13. The lowest BCUT2D eigenvalue weighted by Crippen LogP contribution is -2.10. The van der Waals surface area contributed by atoms with Crippen molar-refractivity contribution in [2.45, 2.75) is 6.61 Å². The van der Waals surface area contributed by atoms with Crippen LogP contribution in [0.1, 0.15) is 16.1 Å². The molecule has 0 atom stereocenters. The smallest absolute Gasteiger partial charge is 0.347 e. The maximum absolute atomic E-state index is 12.5. The Hall–Kier alpha value is -3.60. The van der Waals surface area contributed by atoms with E-state index in [1.54, 1.807) is 30.3 Å². The summed E-state index contributed by atoms with van der Waals surface area (Å²) >= 11 is 0. The maximum atomic E-state index is 12.5. The first-order chi connectivity index (χ1) is 12.8. The van der Waals surface area contributed by atoms with Crippen LogP contribution in [0.15, 0.2) is 85.2 Å². The van der Waals surface area contributed by atoms with Gasteiger partial charge < -0.3 is 13.9 Å². The number of carbonyl (C=O) groups excluding carboxylic acids is 1. The Bertz CT molecular complexity index is 1010. The van der Waals surface area contributed by atoms with Crippen LogP contribution in [0.3, 0.4) is 0 Å². The first kappa shape index (κ1) is 15.9. The maximum Gasteiger partial charge on any atom is 0.347 e. The van der Waals surface area contributed by atoms with Crippen molar-refractivity contribution in [3.8, 4) is 11.5 Å². The lowest BCUT2D eigenvalue weighted by molar-refractivity contribution is 0.0729. The summed E-state index contributed by atoms with van der Waals surface area (Å²) in [5.41, 5.74) is 2.01. The summed E-state index contributed by atoms with van der Waals surface area (Å²) in [6, 6.07) is 21.8. The van der Waals surface area contributed by atoms with Crippen molar-refractivity contribution in [1.29, 1.82) is 0 Å². The van der Waals surface area contributed by atoms with Gasteiger partial charge in [-0.15, -0.1) is 0 Å². The lowest BCUT2D eigenvalue weighted by Gasteiger charge is -2.10. The van der Waals surface area contributed by atoms with E-state index in [4.69, 9.17) is 9.47 Å². The molecule has 0 radical (unpaired) electrons. The van der Waals surface area contributed by atoms with Crippen LogP contribution < -0.4 is 9.47 Å². The summed E-state index contributed by atoms with van der Waals surface area (Å²) in [6.45, 7) is 0.261. The molecule has 2 aromatic heterocycles. The van der Waals surface area contributed by atoms with Gasteiger partial charge >= 0.3 is 5.97 Å². The molecule has 0 aliphatic carbocycles. The molecule has 0 amide bonds. The van der Waals surface area contributed by atoms with Crippen LogP contribution in [0.25, 0.3) is 5.65 Å². The largest absolute Gasteiger partial charge is 0.486 e. The second-order valence-corrected chi connectivity index (χ2v) is 5.69. The number of esters is 1. The number of para-hydroxylation sites is 2. The van der Waals surface area contributed by atoms with Crippen molar-refractivity contribution in [3.05, 3.63) is 96.4 Å². The number of carbonyl (C=O) groups is 1. The molecule has 0 N–H and O–H groups in total. The molecule has 0 saturated heterocycles. The first-order valence-corrected chi connectivity index (χ1v) is 8.21. The summed E-state index contributed by atoms with van der Waals surface area (Å²) in [6.07, 6.45) is 3.83. The Morgan fingerprint density at radius 2 is 1.69 bits per heavy atom. The van der Waals surface area contributed by atoms with Crippen molar-refractivity contribution in [3.63, 3.8) is 0 Å². The first-order valence-electron chi connectivity index (χ1n) is 8.21. The molecule has 4 aromatic rings. The minimum absolute atomic E-state index is 0.261. The van der Waals surface area contributed by atoms with Gasteiger partial charge in [0.05, 0.1) is 5.69 Å². The molecule has 0 unspecified atom stereocenters. The van der Waals surface area contributed by atoms with Crippen LogP contribution >= 0.6 is 0 Å². The molecular weight excluding hydrogens is 328 g/mol. The Balaban J connectivity index is 1.51. The van der Waals surface area contributed by atoms with Crippen LogP contribution in [0.5, 0.6) is 11.5 Å². The summed E-state index contributed by atoms with van der Waals surface area (Å²) in [4.78, 5) is 17.0. The Kier molecular flexibility index (Phi) is 4.35. The number of benzene rings is 2. The number of nitrogens with zero attached hydrogens (tertiary/aromatic N) is 2. The van der Waals surface area contributed by atoms with E-state index in [0.717, 1.165) is 11.3 Å². The van der Waals surface area contributed by atoms with Gasteiger partial charge in [0.15, 0.2) is 0 Å². The molecule has 0 saturated carbocycles. The van der Waals surface area contributed by atoms with E-state index in [1.165, 1.54) is 0 Å². The Morgan fingerprint density at radius 3 is 2.54 bits per heavy atom. The van der Waals surface area contributed by atoms with Crippen LogP contribution in [0.4, 0.5) is 0 Å². The van der Waals surface area contributed by atoms with Crippen molar-refractivity contribution >= 4 is 11.6 Å². The second-order valence-electron chi connectivity index (χ2n) is 5.69. The molecule has 26 heavy (non-hydrogen) atoms. The van der Waals surface area contributed by atoms with Crippen molar-refractivity contribution < 1.29 is 14.3 Å². The molecular formula is C21H16N2O3. The van der Waals surface area contributed by atoms with Gasteiger partial charge in [-0.3, -0.25) is 0 Å². The summed E-state index contributed by atoms with van der Waals surface area (Å²) in [7, 11) is 0. The number of hydrogen-bond donors (Lipinski definition) is 0. The zero-order valence-corrected chi connectivity index (χ0v) is 13.9. The number of hydrogen-bond acceptors (Lipinski definition) is 4. The van der Waals surface area contributed by atoms with E-state index in [0.29, 0.717) is 17.1 Å². The number of ether oxygens (including phenoxy) is 2. The number of pyridine rings is 1. The average molecular weight is 344 g/mol. The Labute approximate surface area is 150 Å². The number of aromatic nitrogens is 2. The topological polar surface area (TPSA) is 52.8 Å². The molecule has 0 spiro atoms. The highest BCUT2D eigenvalue weighted by molar-refractivity contribution is 5.93. The highest BCUT2D eigenvalue weighted by Crippen LogP contribution is 2.22. The van der Waals surface area contributed by atoms with E-state index in [9.17, 15) is 4.79 Å². The molecule has 5 nitrogen and oxygen atoms in total. The van der Waals surface area contributed by atoms with Gasteiger partial charge in [-0.05, 0) is 36.4 Å². The van der Waals surface area contributed by atoms with Gasteiger partial charge in [-0.25, -0.2) is 9.78 Å². The van der Waals surface area contributed by atoms with Crippen molar-refractivity contribution in [2.75, 3.05) is 0 Å². The quantitative estimate of drug-likeness (QED) is 0.403. The van der Waals surface area contributed by atoms with Crippen molar-refractivity contribution in [1.82, 2.24) is 9.38 Å². The molecule has 5 heteroatoms. The van der Waals surface area contributed by atoms with Gasteiger partial charge in [0.2, 0.25) is 0 Å². The average Bonchev–Trinajstić information content (AvgIpc) is 3.10. The normalized spacial score (nSPS) is 10.6. The van der Waals surface area contributed by atoms with Gasteiger partial charge in [0.25, 0.3) is 0 Å². The summed E-state index contributed by atoms with van der Waals surface area (Å²) in [5, 5.41) is 0. The van der Waals surface area contributed by atoms with Gasteiger partial charge in [-0.2, -0.15) is 0 Å². The molecule has 0 aliphatic rings. The molecule has 2 aromatic carbocycles. The standard InChI is InChI=1S/C21H16N2O3/c24-21(26-17-8-2-1-3-9-17)18-10-4-5-11-19(18)25-15-16-14-23-13-7-6-12-20(23)22-16/h1-14H,15H2. The van der Waals surface area contributed by atoms with Crippen LogP contribution in [0, 0.1) is 0 Å². The minimum Gasteiger partial charge on any atom is -0.486 e. The number of fused-ring (bicyclic) bond motifs is 1. The summed E-state index contributed by atoms with van der Waals surface area (Å²) < 4.78 is 13.2. The minimum atomic E-state index is -0.457. The van der Waals surface area contributed by atoms with Gasteiger partial charge in [-0.1, -0.05) is 36.4 Å². The fourth-order valence-electron chi connectivity index (χ4n) is 2.62. The zero-order chi connectivity index (χ0) is 17.8. The van der Waals surface area contributed by atoms with E-state index in [-0.39, 0.29) is 6.61 Å². The van der Waals surface area contributed by atoms with Crippen LogP contribution in [0.2, 0.25) is 0 Å². The fourth-order valence-corrected chi connectivity index (χ4v) is 2.62. The molecule has 0 fully saturated rings. The molecule has 128 valence electrons. The SMILES string of the molecule is O=C(Oc1ccccc1)c1ccccc1OCc1cn2ccccc2n1. The van der Waals surface area contributed by atoms with Crippen LogP contribution in [-0.2, 0) is 6.61 Å². The zero-order valence-electron chi connectivity index (χ0n) is 13.9. The van der Waals surface area contributed by atoms with E-state index in [2.05, 4.69) is 4.98 Å². The number of rotatable bonds is 5. The lowest BCUT2D eigenvalue weighted by atomic mass is 10.2.